The van der Waals surface area contributed by atoms with E-state index in [4.69, 9.17) is 8.94 Å². The van der Waals surface area contributed by atoms with Crippen LogP contribution in [0.4, 0.5) is 5.82 Å². The summed E-state index contributed by atoms with van der Waals surface area (Å²) in [6.07, 6.45) is 6.69. The molecule has 4 rings (SSSR count). The minimum absolute atomic E-state index is 0.00301. The maximum absolute atomic E-state index is 12.6. The zero-order valence-corrected chi connectivity index (χ0v) is 15.1. The minimum atomic E-state index is -0.0814. The van der Waals surface area contributed by atoms with E-state index in [1.165, 1.54) is 0 Å². The Balaban J connectivity index is 1.35. The number of piperidine rings is 1. The molecule has 1 atom stereocenters. The van der Waals surface area contributed by atoms with E-state index in [9.17, 15) is 4.79 Å². The number of aryl methyl sites for hydroxylation is 1. The summed E-state index contributed by atoms with van der Waals surface area (Å²) in [5, 5.41) is 6.94. The number of carbonyl (C=O) groups is 1. The second-order valence-corrected chi connectivity index (χ2v) is 6.81. The minimum Gasteiger partial charge on any atom is -0.472 e. The van der Waals surface area contributed by atoms with E-state index >= 15 is 0 Å². The van der Waals surface area contributed by atoms with Gasteiger partial charge in [0.25, 0.3) is 5.89 Å². The zero-order chi connectivity index (χ0) is 18.6. The van der Waals surface area contributed by atoms with E-state index in [0.717, 1.165) is 30.5 Å². The van der Waals surface area contributed by atoms with E-state index < -0.39 is 0 Å². The van der Waals surface area contributed by atoms with Crippen LogP contribution in [0, 0.1) is 12.8 Å². The van der Waals surface area contributed by atoms with Gasteiger partial charge in [0.2, 0.25) is 5.91 Å². The summed E-state index contributed by atoms with van der Waals surface area (Å²) in [4.78, 5) is 23.4. The van der Waals surface area contributed by atoms with Crippen LogP contribution in [0.5, 0.6) is 0 Å². The molecule has 8 nitrogen and oxygen atoms in total. The Morgan fingerprint density at radius 3 is 3.07 bits per heavy atom. The van der Waals surface area contributed by atoms with Crippen molar-refractivity contribution >= 4 is 11.7 Å². The predicted molar refractivity (Wildman–Crippen MR) is 97.6 cm³/mol. The van der Waals surface area contributed by atoms with Gasteiger partial charge in [-0.15, -0.1) is 0 Å². The number of hydrogen-bond donors (Lipinski definition) is 1. The molecule has 0 aliphatic carbocycles. The Bertz CT molecular complexity index is 888. The molecule has 1 amide bonds. The van der Waals surface area contributed by atoms with Gasteiger partial charge in [0.1, 0.15) is 12.1 Å². The Morgan fingerprint density at radius 2 is 2.30 bits per heavy atom. The van der Waals surface area contributed by atoms with Gasteiger partial charge in [0, 0.05) is 12.7 Å². The molecular formula is C19H21N5O3. The summed E-state index contributed by atoms with van der Waals surface area (Å²) in [6, 6.07) is 5.53. The van der Waals surface area contributed by atoms with Gasteiger partial charge in [0.15, 0.2) is 5.82 Å². The smallest absolute Gasteiger partial charge is 0.261 e. The summed E-state index contributed by atoms with van der Waals surface area (Å²) in [7, 11) is 0. The maximum Gasteiger partial charge on any atom is 0.261 e. The predicted octanol–water partition coefficient (Wildman–Crippen LogP) is 2.88. The van der Waals surface area contributed by atoms with E-state index in [1.54, 1.807) is 24.8 Å². The number of rotatable bonds is 5. The second kappa shape index (κ2) is 7.71. The molecule has 1 saturated heterocycles. The number of amides is 1. The third-order valence-electron chi connectivity index (χ3n) is 4.64. The normalized spacial score (nSPS) is 17.7. The molecule has 0 saturated carbocycles. The van der Waals surface area contributed by atoms with Crippen molar-refractivity contribution in [3.05, 3.63) is 48.3 Å². The number of aromatic nitrogens is 3. The number of likely N-dealkylation sites (tertiary alicyclic amines) is 1. The van der Waals surface area contributed by atoms with Crippen LogP contribution >= 0.6 is 0 Å². The van der Waals surface area contributed by atoms with Gasteiger partial charge in [-0.2, -0.15) is 4.98 Å². The van der Waals surface area contributed by atoms with Gasteiger partial charge >= 0.3 is 0 Å². The highest BCUT2D eigenvalue weighted by Gasteiger charge is 2.27. The van der Waals surface area contributed by atoms with Gasteiger partial charge in [-0.1, -0.05) is 11.2 Å². The molecule has 1 unspecified atom stereocenters. The van der Waals surface area contributed by atoms with Crippen LogP contribution in [0.15, 0.2) is 45.9 Å². The van der Waals surface area contributed by atoms with Gasteiger partial charge in [0.05, 0.1) is 24.3 Å². The van der Waals surface area contributed by atoms with Crippen LogP contribution in [-0.4, -0.2) is 39.0 Å². The van der Waals surface area contributed by atoms with Crippen molar-refractivity contribution < 1.29 is 13.7 Å². The average molecular weight is 367 g/mol. The maximum atomic E-state index is 12.6. The average Bonchev–Trinajstić information content (AvgIpc) is 3.35. The van der Waals surface area contributed by atoms with Crippen molar-refractivity contribution in [2.45, 2.75) is 26.3 Å². The first kappa shape index (κ1) is 17.4. The summed E-state index contributed by atoms with van der Waals surface area (Å²) < 4.78 is 10.3. The van der Waals surface area contributed by atoms with Crippen molar-refractivity contribution in [3.63, 3.8) is 0 Å². The van der Waals surface area contributed by atoms with E-state index in [0.29, 0.717) is 30.6 Å². The molecule has 3 aromatic heterocycles. The standard InChI is InChI=1S/C19H21N5O3/c1-13-4-5-16(20-9-13)21-18(25)14-3-2-7-24(10-14)11-17-22-19(27-23-17)15-6-8-26-12-15/h4-6,8-9,12,14H,2-3,7,10-11H2,1H3,(H,20,21,25). The van der Waals surface area contributed by atoms with Gasteiger partial charge in [-0.3, -0.25) is 9.69 Å². The van der Waals surface area contributed by atoms with Crippen LogP contribution in [0.2, 0.25) is 0 Å². The van der Waals surface area contributed by atoms with Crippen LogP contribution in [0.3, 0.4) is 0 Å². The molecule has 1 fully saturated rings. The quantitative estimate of drug-likeness (QED) is 0.740. The molecule has 0 radical (unpaired) electrons. The van der Waals surface area contributed by atoms with E-state index in [2.05, 4.69) is 25.3 Å². The molecule has 1 N–H and O–H groups in total. The Hall–Kier alpha value is -3.00. The number of anilines is 1. The molecule has 27 heavy (non-hydrogen) atoms. The highest BCUT2D eigenvalue weighted by atomic mass is 16.5. The van der Waals surface area contributed by atoms with E-state index in [-0.39, 0.29) is 11.8 Å². The van der Waals surface area contributed by atoms with Crippen molar-refractivity contribution in [2.24, 2.45) is 5.92 Å². The van der Waals surface area contributed by atoms with Crippen LogP contribution in [0.1, 0.15) is 24.2 Å². The van der Waals surface area contributed by atoms with Crippen LogP contribution in [0.25, 0.3) is 11.5 Å². The first-order valence-corrected chi connectivity index (χ1v) is 8.98. The van der Waals surface area contributed by atoms with Crippen LogP contribution < -0.4 is 5.32 Å². The molecule has 0 spiro atoms. The summed E-state index contributed by atoms with van der Waals surface area (Å²) in [5.41, 5.74) is 1.82. The summed E-state index contributed by atoms with van der Waals surface area (Å²) in [5.74, 6) is 1.55. The number of furan rings is 1. The molecule has 0 bridgehead atoms. The Labute approximate surface area is 156 Å². The topological polar surface area (TPSA) is 97.3 Å². The van der Waals surface area contributed by atoms with Crippen molar-refractivity contribution in [1.82, 2.24) is 20.0 Å². The highest BCUT2D eigenvalue weighted by molar-refractivity contribution is 5.91. The lowest BCUT2D eigenvalue weighted by molar-refractivity contribution is -0.121. The zero-order valence-electron chi connectivity index (χ0n) is 15.1. The SMILES string of the molecule is Cc1ccc(NC(=O)C2CCCN(Cc3noc(-c4ccoc4)n3)C2)nc1. The van der Waals surface area contributed by atoms with Gasteiger partial charge < -0.3 is 14.3 Å². The van der Waals surface area contributed by atoms with Crippen molar-refractivity contribution in [2.75, 3.05) is 18.4 Å². The lowest BCUT2D eigenvalue weighted by Gasteiger charge is -2.30. The Kier molecular flexibility index (Phi) is 4.97. The molecule has 3 aromatic rings. The number of carbonyl (C=O) groups excluding carboxylic acids is 1. The number of nitrogens with zero attached hydrogens (tertiary/aromatic N) is 4. The first-order valence-electron chi connectivity index (χ1n) is 8.98. The largest absolute Gasteiger partial charge is 0.472 e. The molecule has 8 heteroatoms. The van der Waals surface area contributed by atoms with Crippen molar-refractivity contribution in [1.29, 1.82) is 0 Å². The fraction of sp³-hybridized carbons (Fsp3) is 0.368. The lowest BCUT2D eigenvalue weighted by atomic mass is 9.97. The molecule has 140 valence electrons. The third kappa shape index (κ3) is 4.22. The number of pyridine rings is 1. The van der Waals surface area contributed by atoms with Crippen LogP contribution in [-0.2, 0) is 11.3 Å². The Morgan fingerprint density at radius 1 is 1.37 bits per heavy atom. The van der Waals surface area contributed by atoms with Gasteiger partial charge in [-0.25, -0.2) is 4.98 Å². The fourth-order valence-electron chi connectivity index (χ4n) is 3.20. The fourth-order valence-corrected chi connectivity index (χ4v) is 3.20. The molecule has 1 aliphatic heterocycles. The molecule has 4 heterocycles. The third-order valence-corrected chi connectivity index (χ3v) is 4.64. The summed E-state index contributed by atoms with van der Waals surface area (Å²) >= 11 is 0. The molecular weight excluding hydrogens is 346 g/mol. The van der Waals surface area contributed by atoms with Crippen molar-refractivity contribution in [3.8, 4) is 11.5 Å². The van der Waals surface area contributed by atoms with Gasteiger partial charge in [-0.05, 0) is 44.0 Å². The molecule has 1 aliphatic rings. The highest BCUT2D eigenvalue weighted by Crippen LogP contribution is 2.21. The van der Waals surface area contributed by atoms with E-state index in [1.807, 2.05) is 19.1 Å². The number of nitrogens with one attached hydrogen (secondary N) is 1. The first-order chi connectivity index (χ1) is 13.2. The lowest BCUT2D eigenvalue weighted by Crippen LogP contribution is -2.40. The molecule has 0 aromatic carbocycles. The summed E-state index contributed by atoms with van der Waals surface area (Å²) in [6.45, 7) is 4.08. The monoisotopic (exact) mass is 367 g/mol. The number of hydrogen-bond acceptors (Lipinski definition) is 7. The second-order valence-electron chi connectivity index (χ2n) is 6.81.